The Morgan fingerprint density at radius 2 is 2.12 bits per heavy atom. The average molecular weight is 460 g/mol. The third kappa shape index (κ3) is 4.89. The van der Waals surface area contributed by atoms with Crippen LogP contribution in [0.25, 0.3) is 0 Å². The highest BCUT2D eigenvalue weighted by Crippen LogP contribution is 2.36. The van der Waals surface area contributed by atoms with E-state index in [1.54, 1.807) is 12.1 Å². The van der Waals surface area contributed by atoms with Gasteiger partial charge in [-0.25, -0.2) is 9.78 Å². The second kappa shape index (κ2) is 8.97. The molecule has 1 amide bonds. The number of ketones is 1. The third-order valence-corrected chi connectivity index (χ3v) is 5.56. The molecule has 0 radical (unpaired) electrons. The number of Topliss-reactive ketones (excluding diaryl/α,β-unsaturated/α-hetero) is 1. The lowest BCUT2D eigenvalue weighted by Gasteiger charge is -2.28. The Hall–Kier alpha value is -3.45. The van der Waals surface area contributed by atoms with Crippen LogP contribution in [0, 0.1) is 0 Å². The van der Waals surface area contributed by atoms with E-state index in [0.29, 0.717) is 5.56 Å². The number of aromatic carboxylic acids is 1. The number of nitrogens with two attached hydrogens (primary N) is 2. The number of aromatic nitrogens is 1. The van der Waals surface area contributed by atoms with E-state index >= 15 is 0 Å². The van der Waals surface area contributed by atoms with E-state index in [0.717, 1.165) is 11.3 Å². The van der Waals surface area contributed by atoms with E-state index in [2.05, 4.69) is 10.1 Å². The van der Waals surface area contributed by atoms with Crippen molar-refractivity contribution in [3.05, 3.63) is 40.4 Å². The van der Waals surface area contributed by atoms with Gasteiger partial charge in [-0.05, 0) is 31.9 Å². The second-order valence-electron chi connectivity index (χ2n) is 7.68. The van der Waals surface area contributed by atoms with Gasteiger partial charge in [-0.1, -0.05) is 17.3 Å². The van der Waals surface area contributed by atoms with Crippen molar-refractivity contribution < 1.29 is 34.0 Å². The van der Waals surface area contributed by atoms with Crippen molar-refractivity contribution in [2.24, 2.45) is 10.9 Å². The highest BCUT2D eigenvalue weighted by Gasteiger charge is 2.39. The molecule has 168 valence electrons. The molecule has 1 aliphatic heterocycles. The monoisotopic (exact) mass is 460 g/mol. The largest absolute Gasteiger partial charge is 0.535 e. The van der Waals surface area contributed by atoms with E-state index in [4.69, 9.17) is 21.0 Å². The molecule has 3 rings (SSSR count). The van der Waals surface area contributed by atoms with Gasteiger partial charge in [0, 0.05) is 17.6 Å². The normalized spacial score (nSPS) is 16.2. The molecule has 0 bridgehead atoms. The Kier molecular flexibility index (Phi) is 6.51. The minimum Gasteiger partial charge on any atom is -0.535 e. The number of primary amides is 1. The minimum atomic E-state index is -1.48. The number of anilines is 1. The first-order valence-corrected chi connectivity index (χ1v) is 10.4. The molecule has 2 aromatic rings. The lowest BCUT2D eigenvalue weighted by atomic mass is 9.64. The first kappa shape index (κ1) is 23.2. The number of benzene rings is 1. The Labute approximate surface area is 187 Å². The number of carboxylic acids is 1. The molecule has 0 saturated carbocycles. The fraction of sp³-hybridized carbons (Fsp3) is 0.316. The number of rotatable bonds is 8. The first-order valence-electron chi connectivity index (χ1n) is 9.50. The van der Waals surface area contributed by atoms with Gasteiger partial charge in [0.05, 0.1) is 5.56 Å². The van der Waals surface area contributed by atoms with Crippen molar-refractivity contribution in [3.63, 3.8) is 0 Å². The van der Waals surface area contributed by atoms with Gasteiger partial charge < -0.3 is 31.1 Å². The molecule has 0 fully saturated rings. The van der Waals surface area contributed by atoms with Crippen LogP contribution < -0.4 is 16.1 Å². The Balaban J connectivity index is 1.85. The number of nitrogens with zero attached hydrogens (tertiary/aromatic N) is 2. The van der Waals surface area contributed by atoms with Crippen LogP contribution in [0.2, 0.25) is 5.82 Å². The van der Waals surface area contributed by atoms with E-state index < -0.39 is 36.2 Å². The van der Waals surface area contributed by atoms with Gasteiger partial charge in [-0.2, -0.15) is 0 Å². The van der Waals surface area contributed by atoms with Gasteiger partial charge in [0.25, 0.3) is 5.91 Å². The van der Waals surface area contributed by atoms with E-state index in [9.17, 15) is 24.5 Å². The Morgan fingerprint density at radius 3 is 2.72 bits per heavy atom. The van der Waals surface area contributed by atoms with Crippen LogP contribution in [0.15, 0.2) is 28.7 Å². The van der Waals surface area contributed by atoms with Crippen molar-refractivity contribution >= 4 is 47.0 Å². The number of hydrogen-bond donors (Lipinski definition) is 4. The van der Waals surface area contributed by atoms with Crippen LogP contribution in [0.1, 0.15) is 41.9 Å². The third-order valence-electron chi connectivity index (χ3n) is 4.89. The summed E-state index contributed by atoms with van der Waals surface area (Å²) in [6.45, 7) is 2.79. The topological polar surface area (TPSA) is 187 Å². The number of oxime groups is 1. The summed E-state index contributed by atoms with van der Waals surface area (Å²) >= 11 is 1.09. The molecule has 13 heteroatoms. The quantitative estimate of drug-likeness (QED) is 0.252. The molecule has 2 heterocycles. The van der Waals surface area contributed by atoms with Gasteiger partial charge in [0.15, 0.2) is 16.6 Å². The molecule has 6 N–H and O–H groups in total. The summed E-state index contributed by atoms with van der Waals surface area (Å²) in [5.74, 6) is -3.13. The number of amides is 1. The van der Waals surface area contributed by atoms with E-state index in [1.807, 2.05) is 0 Å². The number of hydrogen-bond acceptors (Lipinski definition) is 10. The van der Waals surface area contributed by atoms with Crippen LogP contribution in [0.4, 0.5) is 5.13 Å². The van der Waals surface area contributed by atoms with Crippen molar-refractivity contribution in [1.29, 1.82) is 0 Å². The van der Waals surface area contributed by atoms with Crippen molar-refractivity contribution in [2.75, 3.05) is 5.73 Å². The molecule has 11 nitrogen and oxygen atoms in total. The molecule has 1 aliphatic rings. The lowest BCUT2D eigenvalue weighted by molar-refractivity contribution is -0.139. The van der Waals surface area contributed by atoms with Gasteiger partial charge in [0.1, 0.15) is 11.4 Å². The first-order chi connectivity index (χ1) is 15.0. The van der Waals surface area contributed by atoms with Crippen molar-refractivity contribution in [2.45, 2.75) is 38.1 Å². The number of para-hydroxylation sites is 1. The number of fused-ring (bicyclic) bond motifs is 1. The summed E-state index contributed by atoms with van der Waals surface area (Å²) in [7, 11) is -1.42. The fourth-order valence-corrected chi connectivity index (χ4v) is 3.55. The molecule has 32 heavy (non-hydrogen) atoms. The number of carbonyl (C=O) groups excluding carboxylic acids is 2. The van der Waals surface area contributed by atoms with Crippen LogP contribution >= 0.6 is 11.3 Å². The maximum atomic E-state index is 13.1. The highest BCUT2D eigenvalue weighted by molar-refractivity contribution is 7.13. The zero-order chi connectivity index (χ0) is 23.6. The molecular weight excluding hydrogens is 439 g/mol. The summed E-state index contributed by atoms with van der Waals surface area (Å²) < 4.78 is 5.43. The van der Waals surface area contributed by atoms with Crippen LogP contribution in [-0.4, -0.2) is 51.2 Å². The molecule has 0 saturated heterocycles. The lowest BCUT2D eigenvalue weighted by Crippen LogP contribution is -2.40. The maximum Gasteiger partial charge on any atom is 0.526 e. The molecule has 1 atom stereocenters. The van der Waals surface area contributed by atoms with Gasteiger partial charge in [-0.3, -0.25) is 9.59 Å². The zero-order valence-corrected chi connectivity index (χ0v) is 18.1. The zero-order valence-electron chi connectivity index (χ0n) is 17.3. The molecular formula is C19H21BN4O7S. The van der Waals surface area contributed by atoms with Gasteiger partial charge in [0.2, 0.25) is 5.60 Å². The molecule has 1 aromatic carbocycles. The molecule has 0 aliphatic carbocycles. The Bertz CT molecular complexity index is 1100. The van der Waals surface area contributed by atoms with Crippen LogP contribution in [0.3, 0.4) is 0 Å². The summed E-state index contributed by atoms with van der Waals surface area (Å²) in [6, 6.07) is 4.60. The van der Waals surface area contributed by atoms with E-state index in [1.165, 1.54) is 25.3 Å². The van der Waals surface area contributed by atoms with Crippen LogP contribution in [-0.2, 0) is 20.8 Å². The minimum absolute atomic E-state index is 0.0731. The molecule has 0 spiro atoms. The van der Waals surface area contributed by atoms with E-state index in [-0.39, 0.29) is 40.7 Å². The van der Waals surface area contributed by atoms with Crippen LogP contribution in [0.5, 0.6) is 5.75 Å². The number of nitrogen functional groups attached to an aromatic ring is 1. The SMILES string of the molecule is CC(C)(O/N=C(\C(=O)C[C@H]1Cc2cccc(C(=O)O)c2OB1O)c1csc(N)n1)C(N)=O. The molecule has 0 unspecified atom stereocenters. The summed E-state index contributed by atoms with van der Waals surface area (Å²) in [6.07, 6.45) is -0.0159. The van der Waals surface area contributed by atoms with Gasteiger partial charge >= 0.3 is 13.1 Å². The fourth-order valence-electron chi connectivity index (χ4n) is 3.00. The maximum absolute atomic E-state index is 13.1. The van der Waals surface area contributed by atoms with Crippen molar-refractivity contribution in [3.8, 4) is 5.75 Å². The highest BCUT2D eigenvalue weighted by atomic mass is 32.1. The summed E-state index contributed by atoms with van der Waals surface area (Å²) in [5, 5.41) is 25.3. The molecule has 1 aromatic heterocycles. The number of carbonyl (C=O) groups is 3. The predicted octanol–water partition coefficient (Wildman–Crippen LogP) is 0.853. The predicted molar refractivity (Wildman–Crippen MR) is 117 cm³/mol. The second-order valence-corrected chi connectivity index (χ2v) is 8.57. The standard InChI is InChI=1S/C19H21BN4O7S/c1-19(2,17(21)28)31-24-14(12-8-32-18(22)23-12)13(25)7-10-6-9-4-3-5-11(16(26)27)15(9)30-20(10)29/h3-5,8,10,29H,6-7H2,1-2H3,(H2,21,28)(H2,22,23)(H,26,27)/b24-14-/t10-/m1/s1. The average Bonchev–Trinajstić information content (AvgIpc) is 3.13. The smallest absolute Gasteiger partial charge is 0.526 e. The van der Waals surface area contributed by atoms with Crippen molar-refractivity contribution in [1.82, 2.24) is 4.98 Å². The number of thiazole rings is 1. The summed E-state index contributed by atoms with van der Waals surface area (Å²) in [4.78, 5) is 45.2. The summed E-state index contributed by atoms with van der Waals surface area (Å²) in [5.41, 5.74) is 9.90. The number of carboxylic acid groups (broad SMARTS) is 1. The Morgan fingerprint density at radius 1 is 1.41 bits per heavy atom. The van der Waals surface area contributed by atoms with Gasteiger partial charge in [-0.15, -0.1) is 11.3 Å².